The van der Waals surface area contributed by atoms with Gasteiger partial charge >= 0.3 is 0 Å². The molecule has 1 aliphatic heterocycles. The number of nitrogens with zero attached hydrogens (tertiary/aromatic N) is 1. The first kappa shape index (κ1) is 16.2. The Balaban J connectivity index is 1.83. The lowest BCUT2D eigenvalue weighted by Gasteiger charge is -2.19. The molecule has 126 valence electrons. The van der Waals surface area contributed by atoms with E-state index >= 15 is 0 Å². The molecule has 1 unspecified atom stereocenters. The largest absolute Gasteiger partial charge is 0.337 e. The van der Waals surface area contributed by atoms with E-state index in [1.54, 1.807) is 6.07 Å². The Kier molecular flexibility index (Phi) is 4.29. The summed E-state index contributed by atoms with van der Waals surface area (Å²) in [5.41, 5.74) is 1.69. The molecular formula is C15H21N3O4S. The number of hydrogen-bond acceptors (Lipinski definition) is 4. The van der Waals surface area contributed by atoms with Crippen molar-refractivity contribution in [2.24, 2.45) is 0 Å². The lowest BCUT2D eigenvalue weighted by molar-refractivity contribution is 0.0791. The van der Waals surface area contributed by atoms with Crippen LogP contribution in [-0.2, 0) is 22.9 Å². The topological polar surface area (TPSA) is 99.3 Å². The SMILES string of the molecule is CNS(=O)(=O)C1CCN(C(=O)c2cc3c([nH]c2=O)CCCC3)C1. The molecule has 1 aromatic rings. The number of aromatic nitrogens is 1. The lowest BCUT2D eigenvalue weighted by atomic mass is 9.95. The molecule has 1 fully saturated rings. The van der Waals surface area contributed by atoms with Gasteiger partial charge in [0.25, 0.3) is 11.5 Å². The van der Waals surface area contributed by atoms with Crippen LogP contribution in [0.1, 0.15) is 40.9 Å². The average molecular weight is 339 g/mol. The van der Waals surface area contributed by atoms with Crippen LogP contribution < -0.4 is 10.3 Å². The van der Waals surface area contributed by atoms with Gasteiger partial charge in [-0.15, -0.1) is 0 Å². The van der Waals surface area contributed by atoms with E-state index in [9.17, 15) is 18.0 Å². The van der Waals surface area contributed by atoms with Crippen molar-refractivity contribution in [2.45, 2.75) is 37.4 Å². The van der Waals surface area contributed by atoms with E-state index in [4.69, 9.17) is 0 Å². The second-order valence-corrected chi connectivity index (χ2v) is 8.30. The number of amides is 1. The fourth-order valence-corrected chi connectivity index (χ4v) is 4.46. The molecule has 2 N–H and O–H groups in total. The molecule has 1 saturated heterocycles. The molecule has 0 aromatic carbocycles. The number of nitrogens with one attached hydrogen (secondary N) is 2. The summed E-state index contributed by atoms with van der Waals surface area (Å²) in [5, 5.41) is -0.617. The number of carbonyl (C=O) groups excluding carboxylic acids is 1. The maximum Gasteiger partial charge on any atom is 0.261 e. The summed E-state index contributed by atoms with van der Waals surface area (Å²) in [7, 11) is -2.03. The highest BCUT2D eigenvalue weighted by molar-refractivity contribution is 7.90. The van der Waals surface area contributed by atoms with Crippen LogP contribution in [0, 0.1) is 0 Å². The lowest BCUT2D eigenvalue weighted by Crippen LogP contribution is -2.38. The van der Waals surface area contributed by atoms with E-state index in [1.807, 2.05) is 0 Å². The summed E-state index contributed by atoms with van der Waals surface area (Å²) in [5.74, 6) is -0.381. The van der Waals surface area contributed by atoms with Gasteiger partial charge in [-0.25, -0.2) is 13.1 Å². The van der Waals surface area contributed by atoms with Crippen molar-refractivity contribution in [1.82, 2.24) is 14.6 Å². The van der Waals surface area contributed by atoms with E-state index < -0.39 is 15.3 Å². The van der Waals surface area contributed by atoms with Crippen LogP contribution in [0.3, 0.4) is 0 Å². The number of rotatable bonds is 3. The van der Waals surface area contributed by atoms with Crippen molar-refractivity contribution in [3.63, 3.8) is 0 Å². The first-order chi connectivity index (χ1) is 10.9. The van der Waals surface area contributed by atoms with Gasteiger partial charge in [-0.1, -0.05) is 0 Å². The monoisotopic (exact) mass is 339 g/mol. The molecule has 0 spiro atoms. The third-order valence-electron chi connectivity index (χ3n) is 4.72. The van der Waals surface area contributed by atoms with Crippen LogP contribution >= 0.6 is 0 Å². The van der Waals surface area contributed by atoms with E-state index in [0.717, 1.165) is 36.9 Å². The Labute approximate surface area is 135 Å². The second kappa shape index (κ2) is 6.09. The highest BCUT2D eigenvalue weighted by atomic mass is 32.2. The molecule has 0 bridgehead atoms. The molecule has 0 saturated carbocycles. The molecule has 1 aliphatic carbocycles. The van der Waals surface area contributed by atoms with Gasteiger partial charge in [0, 0.05) is 18.8 Å². The molecule has 0 radical (unpaired) electrons. The minimum absolute atomic E-state index is 0.119. The van der Waals surface area contributed by atoms with Gasteiger partial charge in [-0.05, 0) is 50.8 Å². The van der Waals surface area contributed by atoms with Crippen molar-refractivity contribution < 1.29 is 13.2 Å². The standard InChI is InChI=1S/C15H21N3O4S/c1-16-23(21,22)11-6-7-18(9-11)15(20)12-8-10-4-2-3-5-13(10)17-14(12)19/h8,11,16H,2-7,9H2,1H3,(H,17,19). The third kappa shape index (κ3) is 3.05. The average Bonchev–Trinajstić information content (AvgIpc) is 3.04. The summed E-state index contributed by atoms with van der Waals surface area (Å²) in [6.07, 6.45) is 4.19. The smallest absolute Gasteiger partial charge is 0.261 e. The summed E-state index contributed by atoms with van der Waals surface area (Å²) in [6.45, 7) is 0.472. The maximum atomic E-state index is 12.6. The number of likely N-dealkylation sites (tertiary alicyclic amines) is 1. The Bertz CT molecular complexity index is 784. The number of sulfonamides is 1. The number of H-pyrrole nitrogens is 1. The molecule has 2 heterocycles. The number of hydrogen-bond donors (Lipinski definition) is 2. The van der Waals surface area contributed by atoms with Crippen LogP contribution in [0.25, 0.3) is 0 Å². The van der Waals surface area contributed by atoms with Crippen LogP contribution in [0.2, 0.25) is 0 Å². The van der Waals surface area contributed by atoms with Gasteiger partial charge in [-0.2, -0.15) is 0 Å². The van der Waals surface area contributed by atoms with Crippen LogP contribution in [-0.4, -0.2) is 49.6 Å². The normalized spacial score (nSPS) is 21.3. The summed E-state index contributed by atoms with van der Waals surface area (Å²) in [6, 6.07) is 1.69. The quantitative estimate of drug-likeness (QED) is 0.811. The van der Waals surface area contributed by atoms with Crippen LogP contribution in [0.5, 0.6) is 0 Å². The van der Waals surface area contributed by atoms with Gasteiger partial charge < -0.3 is 9.88 Å². The number of aryl methyl sites for hydroxylation is 2. The third-order valence-corrected chi connectivity index (χ3v) is 6.56. The molecule has 1 amide bonds. The Hall–Kier alpha value is -1.67. The minimum Gasteiger partial charge on any atom is -0.337 e. The first-order valence-electron chi connectivity index (χ1n) is 7.89. The zero-order valence-corrected chi connectivity index (χ0v) is 13.9. The number of aromatic amines is 1. The minimum atomic E-state index is -3.40. The molecule has 8 heteroatoms. The fourth-order valence-electron chi connectivity index (χ4n) is 3.34. The van der Waals surface area contributed by atoms with E-state index in [1.165, 1.54) is 11.9 Å². The summed E-state index contributed by atoms with van der Waals surface area (Å²) < 4.78 is 26.0. The molecule has 1 atom stereocenters. The molecular weight excluding hydrogens is 318 g/mol. The fraction of sp³-hybridized carbons (Fsp3) is 0.600. The molecule has 23 heavy (non-hydrogen) atoms. The van der Waals surface area contributed by atoms with E-state index in [2.05, 4.69) is 9.71 Å². The Morgan fingerprint density at radius 3 is 2.83 bits per heavy atom. The Morgan fingerprint density at radius 2 is 2.09 bits per heavy atom. The van der Waals surface area contributed by atoms with Crippen molar-refractivity contribution >= 4 is 15.9 Å². The highest BCUT2D eigenvalue weighted by Crippen LogP contribution is 2.21. The van der Waals surface area contributed by atoms with E-state index in [0.29, 0.717) is 13.0 Å². The zero-order valence-electron chi connectivity index (χ0n) is 13.1. The number of fused-ring (bicyclic) bond motifs is 1. The predicted octanol–water partition coefficient (Wildman–Crippen LogP) is 0.0174. The molecule has 7 nitrogen and oxygen atoms in total. The molecule has 2 aliphatic rings. The maximum absolute atomic E-state index is 12.6. The molecule has 3 rings (SSSR count). The number of carbonyl (C=O) groups is 1. The van der Waals surface area contributed by atoms with Gasteiger partial charge in [0.15, 0.2) is 0 Å². The molecule has 1 aromatic heterocycles. The Morgan fingerprint density at radius 1 is 1.35 bits per heavy atom. The second-order valence-electron chi connectivity index (χ2n) is 6.13. The van der Waals surface area contributed by atoms with Gasteiger partial charge in [0.1, 0.15) is 5.56 Å². The van der Waals surface area contributed by atoms with Gasteiger partial charge in [0.2, 0.25) is 10.0 Å². The van der Waals surface area contributed by atoms with E-state index in [-0.39, 0.29) is 23.6 Å². The van der Waals surface area contributed by atoms with Crippen molar-refractivity contribution in [1.29, 1.82) is 0 Å². The van der Waals surface area contributed by atoms with Crippen molar-refractivity contribution in [3.8, 4) is 0 Å². The van der Waals surface area contributed by atoms with Crippen molar-refractivity contribution in [2.75, 3.05) is 20.1 Å². The van der Waals surface area contributed by atoms with Crippen LogP contribution in [0.4, 0.5) is 0 Å². The summed E-state index contributed by atoms with van der Waals surface area (Å²) >= 11 is 0. The predicted molar refractivity (Wildman–Crippen MR) is 86.0 cm³/mol. The zero-order chi connectivity index (χ0) is 16.6. The number of pyridine rings is 1. The van der Waals surface area contributed by atoms with Crippen molar-refractivity contribution in [3.05, 3.63) is 33.2 Å². The summed E-state index contributed by atoms with van der Waals surface area (Å²) in [4.78, 5) is 29.1. The van der Waals surface area contributed by atoms with Crippen LogP contribution in [0.15, 0.2) is 10.9 Å². The first-order valence-corrected chi connectivity index (χ1v) is 9.43. The van der Waals surface area contributed by atoms with Gasteiger partial charge in [0.05, 0.1) is 5.25 Å². The van der Waals surface area contributed by atoms with Gasteiger partial charge in [-0.3, -0.25) is 9.59 Å². The highest BCUT2D eigenvalue weighted by Gasteiger charge is 2.35.